The number of hydrogen-bond acceptors (Lipinski definition) is 7. The van der Waals surface area contributed by atoms with E-state index in [0.717, 1.165) is 22.6 Å². The van der Waals surface area contributed by atoms with E-state index in [1.807, 2.05) is 73.5 Å². The van der Waals surface area contributed by atoms with Crippen molar-refractivity contribution in [1.82, 2.24) is 4.90 Å². The monoisotopic (exact) mass is 854 g/mol. The van der Waals surface area contributed by atoms with Crippen molar-refractivity contribution in [3.8, 4) is 11.5 Å². The predicted molar refractivity (Wildman–Crippen MR) is 251 cm³/mol. The standard InChI is InChI=1S/C49H83NO7Si2/c1-20-21-22-35(2)45(55-34-41-25-29-43(53-15)30-26-41)38(5)46(57-59(18,19)49(10,11)12)39(6)47(51)50(13)31-36(3)44(56-58(16,17)48(7,8)9)37(4)32-54-33-40-23-27-42(52-14)28-24-40/h20-30,35-39,44-46H,1,31-34H2,2-19H3/b22-21-/t35-,36-,37-,38?,39?,44+,45?,46?/m0/s1. The van der Waals surface area contributed by atoms with Crippen LogP contribution in [-0.4, -0.2) is 80.2 Å². The van der Waals surface area contributed by atoms with Gasteiger partial charge in [0.25, 0.3) is 0 Å². The van der Waals surface area contributed by atoms with E-state index in [9.17, 15) is 4.79 Å². The van der Waals surface area contributed by atoms with Crippen LogP contribution in [0.15, 0.2) is 73.3 Å². The fourth-order valence-corrected chi connectivity index (χ4v) is 9.98. The highest BCUT2D eigenvalue weighted by Gasteiger charge is 2.46. The zero-order valence-corrected chi connectivity index (χ0v) is 42.3. The lowest BCUT2D eigenvalue weighted by Crippen LogP contribution is -2.53. The van der Waals surface area contributed by atoms with Crippen LogP contribution in [0.25, 0.3) is 0 Å². The zero-order valence-electron chi connectivity index (χ0n) is 40.3. The molecular weight excluding hydrogens is 771 g/mol. The molecule has 10 heteroatoms. The molecule has 59 heavy (non-hydrogen) atoms. The average molecular weight is 854 g/mol. The van der Waals surface area contributed by atoms with Crippen molar-refractivity contribution in [3.63, 3.8) is 0 Å². The van der Waals surface area contributed by atoms with Crippen LogP contribution in [0.4, 0.5) is 0 Å². The van der Waals surface area contributed by atoms with Crippen LogP contribution in [0, 0.1) is 29.6 Å². The molecule has 0 radical (unpaired) electrons. The topological polar surface area (TPSA) is 75.7 Å². The summed E-state index contributed by atoms with van der Waals surface area (Å²) >= 11 is 0. The lowest BCUT2D eigenvalue weighted by Gasteiger charge is -2.45. The van der Waals surface area contributed by atoms with Crippen LogP contribution in [-0.2, 0) is 36.3 Å². The highest BCUT2D eigenvalue weighted by atomic mass is 28.4. The lowest BCUT2D eigenvalue weighted by molar-refractivity contribution is -0.141. The predicted octanol–water partition coefficient (Wildman–Crippen LogP) is 12.0. The van der Waals surface area contributed by atoms with Gasteiger partial charge < -0.3 is 32.7 Å². The number of amides is 1. The fraction of sp³-hybridized carbons (Fsp3) is 0.653. The summed E-state index contributed by atoms with van der Waals surface area (Å²) in [4.78, 5) is 16.7. The molecule has 1 amide bonds. The normalized spacial score (nSPS) is 17.1. The fourth-order valence-electron chi connectivity index (χ4n) is 7.03. The first-order valence-corrected chi connectivity index (χ1v) is 27.5. The summed E-state index contributed by atoms with van der Waals surface area (Å²) < 4.78 is 38.4. The molecule has 0 bridgehead atoms. The van der Waals surface area contributed by atoms with Crippen molar-refractivity contribution in [2.45, 2.75) is 144 Å². The first kappa shape index (κ1) is 52.4. The Balaban J connectivity index is 2.43. The molecule has 2 aromatic rings. The third kappa shape index (κ3) is 15.6. The molecule has 0 heterocycles. The summed E-state index contributed by atoms with van der Waals surface area (Å²) in [5, 5.41) is -0.0266. The Kier molecular flexibility index (Phi) is 20.4. The van der Waals surface area contributed by atoms with Crippen molar-refractivity contribution in [1.29, 1.82) is 0 Å². The van der Waals surface area contributed by atoms with E-state index in [4.69, 9.17) is 27.8 Å². The second-order valence-electron chi connectivity index (χ2n) is 20.0. The number of nitrogens with zero attached hydrogens (tertiary/aromatic N) is 1. The van der Waals surface area contributed by atoms with Gasteiger partial charge in [-0.3, -0.25) is 4.79 Å². The summed E-state index contributed by atoms with van der Waals surface area (Å²) in [6.45, 7) is 39.5. The largest absolute Gasteiger partial charge is 0.497 e. The van der Waals surface area contributed by atoms with Crippen LogP contribution in [0.2, 0.25) is 36.3 Å². The molecule has 0 aliphatic rings. The second kappa shape index (κ2) is 22.9. The van der Waals surface area contributed by atoms with E-state index in [1.54, 1.807) is 20.3 Å². The van der Waals surface area contributed by atoms with Crippen LogP contribution in [0.5, 0.6) is 11.5 Å². The zero-order chi connectivity index (χ0) is 44.9. The molecule has 334 valence electrons. The summed E-state index contributed by atoms with van der Waals surface area (Å²) in [6, 6.07) is 16.0. The number of carbonyl (C=O) groups is 1. The minimum Gasteiger partial charge on any atom is -0.497 e. The van der Waals surface area contributed by atoms with Crippen molar-refractivity contribution in [3.05, 3.63) is 84.5 Å². The van der Waals surface area contributed by atoms with Crippen LogP contribution in [0.3, 0.4) is 0 Å². The van der Waals surface area contributed by atoms with Crippen molar-refractivity contribution < 1.29 is 32.6 Å². The van der Waals surface area contributed by atoms with E-state index in [0.29, 0.717) is 26.4 Å². The van der Waals surface area contributed by atoms with Gasteiger partial charge in [-0.1, -0.05) is 125 Å². The molecule has 8 atom stereocenters. The van der Waals surface area contributed by atoms with Crippen LogP contribution in [0.1, 0.15) is 87.3 Å². The molecule has 2 aromatic carbocycles. The molecular formula is C49H83NO7Si2. The van der Waals surface area contributed by atoms with Gasteiger partial charge in [0.05, 0.1) is 58.3 Å². The molecule has 2 rings (SSSR count). The minimum atomic E-state index is -2.34. The Morgan fingerprint density at radius 2 is 1.17 bits per heavy atom. The first-order chi connectivity index (χ1) is 27.3. The third-order valence-corrected chi connectivity index (χ3v) is 21.9. The molecule has 0 N–H and O–H groups in total. The quantitative estimate of drug-likeness (QED) is 0.0769. The summed E-state index contributed by atoms with van der Waals surface area (Å²) in [6.07, 6.45) is 5.18. The van der Waals surface area contributed by atoms with Crippen LogP contribution >= 0.6 is 0 Å². The number of hydrogen-bond donors (Lipinski definition) is 0. The van der Waals surface area contributed by atoms with E-state index in [2.05, 4.69) is 108 Å². The number of rotatable bonds is 24. The number of carbonyl (C=O) groups excluding carboxylic acids is 1. The highest BCUT2D eigenvalue weighted by molar-refractivity contribution is 6.74. The highest BCUT2D eigenvalue weighted by Crippen LogP contribution is 2.42. The Labute approximate surface area is 362 Å². The first-order valence-electron chi connectivity index (χ1n) is 21.6. The summed E-state index contributed by atoms with van der Waals surface area (Å²) in [7, 11) is 0.763. The molecule has 8 nitrogen and oxygen atoms in total. The van der Waals surface area contributed by atoms with Gasteiger partial charge in [-0.05, 0) is 77.6 Å². The maximum atomic E-state index is 14.8. The van der Waals surface area contributed by atoms with E-state index in [1.165, 1.54) is 0 Å². The molecule has 0 spiro atoms. The second-order valence-corrected chi connectivity index (χ2v) is 29.5. The van der Waals surface area contributed by atoms with Gasteiger partial charge >= 0.3 is 0 Å². The number of allylic oxidation sites excluding steroid dienone is 2. The molecule has 0 aliphatic heterocycles. The van der Waals surface area contributed by atoms with E-state index in [-0.39, 0.29) is 58.0 Å². The van der Waals surface area contributed by atoms with Gasteiger partial charge in [-0.15, -0.1) is 0 Å². The average Bonchev–Trinajstić information content (AvgIpc) is 3.17. The smallest absolute Gasteiger partial charge is 0.227 e. The van der Waals surface area contributed by atoms with Crippen molar-refractivity contribution >= 4 is 22.5 Å². The van der Waals surface area contributed by atoms with Crippen molar-refractivity contribution in [2.75, 3.05) is 34.4 Å². The molecule has 4 unspecified atom stereocenters. The SMILES string of the molecule is C=C/C=C\[C@H](C)C(OCc1ccc(OC)cc1)C(C)C(O[Si](C)(C)C(C)(C)C)C(C)C(=O)N(C)C[C@H](C)[C@@H](O[Si](C)(C)C(C)(C)C)[C@@H](C)COCc1ccc(OC)cc1. The maximum Gasteiger partial charge on any atom is 0.227 e. The number of benzene rings is 2. The lowest BCUT2D eigenvalue weighted by atomic mass is 9.83. The Morgan fingerprint density at radius 1 is 0.712 bits per heavy atom. The molecule has 0 saturated carbocycles. The van der Waals surface area contributed by atoms with Gasteiger partial charge in [0.2, 0.25) is 5.91 Å². The van der Waals surface area contributed by atoms with E-state index >= 15 is 0 Å². The molecule has 0 aromatic heterocycles. The van der Waals surface area contributed by atoms with Gasteiger partial charge in [0.1, 0.15) is 11.5 Å². The van der Waals surface area contributed by atoms with Gasteiger partial charge in [-0.25, -0.2) is 0 Å². The maximum absolute atomic E-state index is 14.8. The van der Waals surface area contributed by atoms with Gasteiger partial charge in [-0.2, -0.15) is 0 Å². The number of ether oxygens (including phenoxy) is 4. The van der Waals surface area contributed by atoms with Gasteiger partial charge in [0, 0.05) is 31.3 Å². The van der Waals surface area contributed by atoms with E-state index < -0.39 is 22.6 Å². The van der Waals surface area contributed by atoms with Crippen LogP contribution < -0.4 is 9.47 Å². The molecule has 0 fully saturated rings. The minimum absolute atomic E-state index is 0.0271. The third-order valence-electron chi connectivity index (χ3n) is 12.9. The van der Waals surface area contributed by atoms with Crippen molar-refractivity contribution in [2.24, 2.45) is 29.6 Å². The molecule has 0 saturated heterocycles. The number of methoxy groups -OCH3 is 2. The summed E-state index contributed by atoms with van der Waals surface area (Å²) in [5.41, 5.74) is 2.15. The Bertz CT molecular complexity index is 1580. The Morgan fingerprint density at radius 3 is 1.61 bits per heavy atom. The Hall–Kier alpha value is -2.74. The summed E-state index contributed by atoms with van der Waals surface area (Å²) in [5.74, 6) is 1.33. The molecule has 0 aliphatic carbocycles. The van der Waals surface area contributed by atoms with Gasteiger partial charge in [0.15, 0.2) is 16.6 Å².